The van der Waals surface area contributed by atoms with Crippen LogP contribution in [0, 0.1) is 6.92 Å². The van der Waals surface area contributed by atoms with Gasteiger partial charge in [0.1, 0.15) is 5.54 Å². The van der Waals surface area contributed by atoms with Gasteiger partial charge in [-0.1, -0.05) is 15.9 Å². The van der Waals surface area contributed by atoms with Gasteiger partial charge in [0.2, 0.25) is 0 Å². The number of carboxylic acid groups (broad SMARTS) is 1. The Morgan fingerprint density at radius 2 is 2.06 bits per heavy atom. The number of halogens is 1. The molecule has 5 heteroatoms. The molecule has 0 amide bonds. The molecule has 98 valence electrons. The highest BCUT2D eigenvalue weighted by Crippen LogP contribution is 2.27. The summed E-state index contributed by atoms with van der Waals surface area (Å²) < 4.78 is 1.09. The molecule has 0 aliphatic carbocycles. The molecule has 1 fully saturated rings. The molecule has 0 aromatic heterocycles. The minimum Gasteiger partial charge on any atom is -0.480 e. The Kier molecular flexibility index (Phi) is 3.64. The summed E-state index contributed by atoms with van der Waals surface area (Å²) in [6.45, 7) is 3.41. The summed E-state index contributed by atoms with van der Waals surface area (Å²) in [4.78, 5) is 13.3. The van der Waals surface area contributed by atoms with Crippen molar-refractivity contribution in [2.75, 3.05) is 18.0 Å². The second kappa shape index (κ2) is 4.90. The Bertz CT molecular complexity index is 468. The van der Waals surface area contributed by atoms with Gasteiger partial charge in [0.05, 0.1) is 0 Å². The number of carboxylic acids is 1. The lowest BCUT2D eigenvalue weighted by Crippen LogP contribution is -2.55. The standard InChI is InChI=1S/C13H17BrN2O2/c1-9-8-10(2-3-11(9)14)16-6-4-13(15,5-7-16)12(17)18/h2-3,8H,4-7,15H2,1H3,(H,17,18). The van der Waals surface area contributed by atoms with E-state index in [1.165, 1.54) is 5.56 Å². The molecule has 1 aromatic carbocycles. The number of hydrogen-bond donors (Lipinski definition) is 2. The fraction of sp³-hybridized carbons (Fsp3) is 0.462. The van der Waals surface area contributed by atoms with Crippen LogP contribution in [0.5, 0.6) is 0 Å². The van der Waals surface area contributed by atoms with Crippen molar-refractivity contribution in [2.45, 2.75) is 25.3 Å². The normalized spacial score (nSPS) is 18.7. The highest BCUT2D eigenvalue weighted by atomic mass is 79.9. The summed E-state index contributed by atoms with van der Waals surface area (Å²) in [5, 5.41) is 9.09. The molecular formula is C13H17BrN2O2. The number of anilines is 1. The average Bonchev–Trinajstić information content (AvgIpc) is 2.34. The number of piperidine rings is 1. The molecule has 4 nitrogen and oxygen atoms in total. The van der Waals surface area contributed by atoms with Crippen LogP contribution in [0.15, 0.2) is 22.7 Å². The van der Waals surface area contributed by atoms with E-state index < -0.39 is 11.5 Å². The predicted molar refractivity (Wildman–Crippen MR) is 74.9 cm³/mol. The molecule has 1 heterocycles. The molecule has 0 unspecified atom stereocenters. The van der Waals surface area contributed by atoms with Crippen LogP contribution >= 0.6 is 15.9 Å². The number of aliphatic carboxylic acids is 1. The summed E-state index contributed by atoms with van der Waals surface area (Å²) in [7, 11) is 0. The quantitative estimate of drug-likeness (QED) is 0.878. The van der Waals surface area contributed by atoms with E-state index in [-0.39, 0.29) is 0 Å². The molecule has 1 saturated heterocycles. The van der Waals surface area contributed by atoms with Gasteiger partial charge in [-0.25, -0.2) is 0 Å². The van der Waals surface area contributed by atoms with Crippen LogP contribution in [0.25, 0.3) is 0 Å². The van der Waals surface area contributed by atoms with Gasteiger partial charge in [-0.05, 0) is 43.5 Å². The first-order valence-corrected chi connectivity index (χ1v) is 6.75. The van der Waals surface area contributed by atoms with Crippen LogP contribution in [0.3, 0.4) is 0 Å². The zero-order valence-corrected chi connectivity index (χ0v) is 11.9. The lowest BCUT2D eigenvalue weighted by molar-refractivity contribution is -0.144. The Balaban J connectivity index is 2.10. The lowest BCUT2D eigenvalue weighted by atomic mass is 9.88. The maximum atomic E-state index is 11.1. The van der Waals surface area contributed by atoms with Crippen molar-refractivity contribution in [1.29, 1.82) is 0 Å². The number of nitrogens with zero attached hydrogens (tertiary/aromatic N) is 1. The smallest absolute Gasteiger partial charge is 0.323 e. The number of carbonyl (C=O) groups is 1. The van der Waals surface area contributed by atoms with Gasteiger partial charge in [0.15, 0.2) is 0 Å². The van der Waals surface area contributed by atoms with Gasteiger partial charge < -0.3 is 15.7 Å². The van der Waals surface area contributed by atoms with E-state index >= 15 is 0 Å². The van der Waals surface area contributed by atoms with Crippen LogP contribution in [0.4, 0.5) is 5.69 Å². The first kappa shape index (κ1) is 13.4. The third-order valence-corrected chi connectivity index (χ3v) is 4.48. The number of benzene rings is 1. The SMILES string of the molecule is Cc1cc(N2CCC(N)(C(=O)O)CC2)ccc1Br. The predicted octanol–water partition coefficient (Wildman–Crippen LogP) is 2.14. The Hall–Kier alpha value is -1.07. The van der Waals surface area contributed by atoms with E-state index in [0.29, 0.717) is 25.9 Å². The first-order valence-electron chi connectivity index (χ1n) is 5.96. The van der Waals surface area contributed by atoms with Crippen molar-refractivity contribution >= 4 is 27.6 Å². The van der Waals surface area contributed by atoms with Crippen molar-refractivity contribution in [3.05, 3.63) is 28.2 Å². The van der Waals surface area contributed by atoms with Crippen molar-refractivity contribution in [2.24, 2.45) is 5.73 Å². The second-order valence-electron chi connectivity index (χ2n) is 4.88. The number of rotatable bonds is 2. The summed E-state index contributed by atoms with van der Waals surface area (Å²) in [6.07, 6.45) is 0.967. The molecule has 0 atom stereocenters. The largest absolute Gasteiger partial charge is 0.480 e. The van der Waals surface area contributed by atoms with Crippen LogP contribution < -0.4 is 10.6 Å². The summed E-state index contributed by atoms with van der Waals surface area (Å²) in [5.74, 6) is -0.894. The Labute approximate surface area is 115 Å². The minimum absolute atomic E-state index is 0.484. The van der Waals surface area contributed by atoms with E-state index in [1.54, 1.807) is 0 Å². The summed E-state index contributed by atoms with van der Waals surface area (Å²) in [6, 6.07) is 6.17. The molecule has 0 spiro atoms. The fourth-order valence-electron chi connectivity index (χ4n) is 2.20. The van der Waals surface area contributed by atoms with E-state index in [1.807, 2.05) is 19.1 Å². The highest BCUT2D eigenvalue weighted by Gasteiger charge is 2.37. The monoisotopic (exact) mass is 312 g/mol. The number of hydrogen-bond acceptors (Lipinski definition) is 3. The van der Waals surface area contributed by atoms with Crippen LogP contribution in [-0.2, 0) is 4.79 Å². The molecule has 0 bridgehead atoms. The maximum Gasteiger partial charge on any atom is 0.323 e. The lowest BCUT2D eigenvalue weighted by Gasteiger charge is -2.37. The van der Waals surface area contributed by atoms with Gasteiger partial charge in [-0.3, -0.25) is 4.79 Å². The average molecular weight is 313 g/mol. The topological polar surface area (TPSA) is 66.6 Å². The van der Waals surface area contributed by atoms with Crippen molar-refractivity contribution in [3.63, 3.8) is 0 Å². The molecule has 0 radical (unpaired) electrons. The Morgan fingerprint density at radius 1 is 1.44 bits per heavy atom. The molecule has 2 rings (SSSR count). The molecule has 3 N–H and O–H groups in total. The second-order valence-corrected chi connectivity index (χ2v) is 5.74. The van der Waals surface area contributed by atoms with Gasteiger partial charge in [-0.2, -0.15) is 0 Å². The number of aryl methyl sites for hydroxylation is 1. The van der Waals surface area contributed by atoms with Crippen molar-refractivity contribution in [1.82, 2.24) is 0 Å². The molecule has 0 saturated carbocycles. The summed E-state index contributed by atoms with van der Waals surface area (Å²) >= 11 is 3.47. The zero-order chi connectivity index (χ0) is 13.3. The van der Waals surface area contributed by atoms with Crippen LogP contribution in [0.1, 0.15) is 18.4 Å². The zero-order valence-electron chi connectivity index (χ0n) is 10.3. The minimum atomic E-state index is -1.05. The fourth-order valence-corrected chi connectivity index (χ4v) is 2.45. The first-order chi connectivity index (χ1) is 8.42. The number of nitrogens with two attached hydrogens (primary N) is 1. The maximum absolute atomic E-state index is 11.1. The van der Waals surface area contributed by atoms with Gasteiger partial charge in [0, 0.05) is 23.2 Å². The molecule has 1 aromatic rings. The van der Waals surface area contributed by atoms with Gasteiger partial charge in [-0.15, -0.1) is 0 Å². The molecule has 1 aliphatic rings. The summed E-state index contributed by atoms with van der Waals surface area (Å²) in [5.41, 5.74) is 7.11. The third-order valence-electron chi connectivity index (χ3n) is 3.59. The van der Waals surface area contributed by atoms with Crippen molar-refractivity contribution < 1.29 is 9.90 Å². The molecule has 18 heavy (non-hydrogen) atoms. The van der Waals surface area contributed by atoms with Crippen molar-refractivity contribution in [3.8, 4) is 0 Å². The molecular weight excluding hydrogens is 296 g/mol. The Morgan fingerprint density at radius 3 is 2.56 bits per heavy atom. The third kappa shape index (κ3) is 2.52. The van der Waals surface area contributed by atoms with Crippen LogP contribution in [0.2, 0.25) is 0 Å². The van der Waals surface area contributed by atoms with E-state index in [0.717, 1.165) is 10.2 Å². The van der Waals surface area contributed by atoms with E-state index in [9.17, 15) is 4.79 Å². The van der Waals surface area contributed by atoms with Gasteiger partial charge in [0.25, 0.3) is 0 Å². The van der Waals surface area contributed by atoms with E-state index in [4.69, 9.17) is 10.8 Å². The van der Waals surface area contributed by atoms with Gasteiger partial charge >= 0.3 is 5.97 Å². The molecule has 1 aliphatic heterocycles. The van der Waals surface area contributed by atoms with Crippen LogP contribution in [-0.4, -0.2) is 29.7 Å². The van der Waals surface area contributed by atoms with E-state index in [2.05, 4.69) is 26.9 Å². The highest BCUT2D eigenvalue weighted by molar-refractivity contribution is 9.10.